The van der Waals surface area contributed by atoms with Crippen molar-refractivity contribution in [2.24, 2.45) is 0 Å². The molecule has 0 unspecified atom stereocenters. The van der Waals surface area contributed by atoms with Gasteiger partial charge in [0.25, 0.3) is 5.91 Å². The zero-order valence-electron chi connectivity index (χ0n) is 21.3. The average Bonchev–Trinajstić information content (AvgIpc) is 2.78. The van der Waals surface area contributed by atoms with Crippen LogP contribution >= 0.6 is 0 Å². The fourth-order valence-corrected chi connectivity index (χ4v) is 3.53. The summed E-state index contributed by atoms with van der Waals surface area (Å²) in [6, 6.07) is 15.4. The first-order valence-corrected chi connectivity index (χ1v) is 11.9. The number of hydrogen-bond acceptors (Lipinski definition) is 3. The number of aryl methyl sites for hydroxylation is 1. The van der Waals surface area contributed by atoms with Crippen molar-refractivity contribution in [3.8, 4) is 5.75 Å². The van der Waals surface area contributed by atoms with Gasteiger partial charge < -0.3 is 15.0 Å². The molecular weight excluding hydrogens is 412 g/mol. The molecule has 0 saturated heterocycles. The van der Waals surface area contributed by atoms with E-state index in [1.165, 1.54) is 5.56 Å². The topological polar surface area (TPSA) is 58.6 Å². The number of ether oxygens (including phenoxy) is 1. The third kappa shape index (κ3) is 7.92. The number of carbonyl (C=O) groups excluding carboxylic acids is 2. The maximum atomic E-state index is 13.3. The van der Waals surface area contributed by atoms with Gasteiger partial charge in [-0.25, -0.2) is 0 Å². The highest BCUT2D eigenvalue weighted by Gasteiger charge is 2.29. The quantitative estimate of drug-likeness (QED) is 0.526. The van der Waals surface area contributed by atoms with Crippen LogP contribution in [0.3, 0.4) is 0 Å². The molecule has 2 amide bonds. The second kappa shape index (κ2) is 11.9. The SMILES string of the molecule is CC[C@H](C(=O)N[C@@H](C)CC)N(Cc1ccc(C)cc1)C(=O)COc1ccc(C(C)(C)C)cc1. The molecular formula is C28H40N2O3. The molecule has 0 fully saturated rings. The third-order valence-corrected chi connectivity index (χ3v) is 5.94. The molecule has 2 atom stereocenters. The molecule has 5 heteroatoms. The Morgan fingerprint density at radius 3 is 2.09 bits per heavy atom. The van der Waals surface area contributed by atoms with Crippen LogP contribution in [0.15, 0.2) is 48.5 Å². The first-order chi connectivity index (χ1) is 15.5. The number of benzene rings is 2. The van der Waals surface area contributed by atoms with Crippen LogP contribution in [0.25, 0.3) is 0 Å². The molecule has 0 aromatic heterocycles. The second-order valence-corrected chi connectivity index (χ2v) is 9.81. The van der Waals surface area contributed by atoms with Crippen LogP contribution in [0.4, 0.5) is 0 Å². The molecule has 180 valence electrons. The van der Waals surface area contributed by atoms with E-state index in [0.717, 1.165) is 17.5 Å². The predicted molar refractivity (Wildman–Crippen MR) is 134 cm³/mol. The van der Waals surface area contributed by atoms with Crippen LogP contribution in [0.1, 0.15) is 71.1 Å². The lowest BCUT2D eigenvalue weighted by Crippen LogP contribution is -2.51. The molecule has 0 aliphatic carbocycles. The molecule has 5 nitrogen and oxygen atoms in total. The van der Waals surface area contributed by atoms with E-state index in [1.54, 1.807) is 4.90 Å². The predicted octanol–water partition coefficient (Wildman–Crippen LogP) is 5.39. The lowest BCUT2D eigenvalue weighted by atomic mass is 9.87. The van der Waals surface area contributed by atoms with E-state index in [1.807, 2.05) is 76.2 Å². The lowest BCUT2D eigenvalue weighted by Gasteiger charge is -2.31. The molecule has 33 heavy (non-hydrogen) atoms. The van der Waals surface area contributed by atoms with E-state index in [4.69, 9.17) is 4.74 Å². The van der Waals surface area contributed by atoms with E-state index >= 15 is 0 Å². The highest BCUT2D eigenvalue weighted by atomic mass is 16.5. The summed E-state index contributed by atoms with van der Waals surface area (Å²) in [6.45, 7) is 14.7. The number of nitrogens with zero attached hydrogens (tertiary/aromatic N) is 1. The third-order valence-electron chi connectivity index (χ3n) is 5.94. The van der Waals surface area contributed by atoms with Crippen molar-refractivity contribution < 1.29 is 14.3 Å². The van der Waals surface area contributed by atoms with Gasteiger partial charge in [0.1, 0.15) is 11.8 Å². The van der Waals surface area contributed by atoms with Gasteiger partial charge in [0.15, 0.2) is 6.61 Å². The Balaban J connectivity index is 2.19. The zero-order chi connectivity index (χ0) is 24.6. The Labute approximate surface area is 199 Å². The Morgan fingerprint density at radius 2 is 1.58 bits per heavy atom. The summed E-state index contributed by atoms with van der Waals surface area (Å²) in [5.41, 5.74) is 3.39. The van der Waals surface area contributed by atoms with Gasteiger partial charge in [0.2, 0.25) is 5.91 Å². The maximum Gasteiger partial charge on any atom is 0.261 e. The number of amides is 2. The van der Waals surface area contributed by atoms with Gasteiger partial charge in [-0.3, -0.25) is 9.59 Å². The summed E-state index contributed by atoms with van der Waals surface area (Å²) in [6.07, 6.45) is 1.36. The molecule has 2 aromatic carbocycles. The van der Waals surface area contributed by atoms with Crippen molar-refractivity contribution in [3.63, 3.8) is 0 Å². The molecule has 0 radical (unpaired) electrons. The largest absolute Gasteiger partial charge is 0.484 e. The standard InChI is InChI=1S/C28H40N2O3/c1-8-21(4)29-27(32)25(9-2)30(18-22-12-10-20(3)11-13-22)26(31)19-33-24-16-14-23(15-17-24)28(5,6)7/h10-17,21,25H,8-9,18-19H2,1-7H3,(H,29,32)/t21-,25+/m0/s1. The van der Waals surface area contributed by atoms with Crippen molar-refractivity contribution in [1.29, 1.82) is 0 Å². The van der Waals surface area contributed by atoms with Crippen LogP contribution in [0.5, 0.6) is 5.75 Å². The summed E-state index contributed by atoms with van der Waals surface area (Å²) >= 11 is 0. The Kier molecular flexibility index (Phi) is 9.51. The van der Waals surface area contributed by atoms with Gasteiger partial charge in [-0.2, -0.15) is 0 Å². The number of rotatable bonds is 10. The fraction of sp³-hybridized carbons (Fsp3) is 0.500. The smallest absolute Gasteiger partial charge is 0.261 e. The van der Waals surface area contributed by atoms with Crippen molar-refractivity contribution in [2.75, 3.05) is 6.61 Å². The van der Waals surface area contributed by atoms with E-state index in [-0.39, 0.29) is 29.9 Å². The summed E-state index contributed by atoms with van der Waals surface area (Å²) in [5.74, 6) is 0.312. The van der Waals surface area contributed by atoms with Gasteiger partial charge in [0.05, 0.1) is 0 Å². The van der Waals surface area contributed by atoms with Crippen molar-refractivity contribution in [1.82, 2.24) is 10.2 Å². The number of carbonyl (C=O) groups is 2. The van der Waals surface area contributed by atoms with Gasteiger partial charge >= 0.3 is 0 Å². The summed E-state index contributed by atoms with van der Waals surface area (Å²) in [5, 5.41) is 3.03. The van der Waals surface area contributed by atoms with E-state index in [9.17, 15) is 9.59 Å². The van der Waals surface area contributed by atoms with Gasteiger partial charge in [0, 0.05) is 12.6 Å². The van der Waals surface area contributed by atoms with E-state index in [2.05, 4.69) is 26.1 Å². The van der Waals surface area contributed by atoms with E-state index in [0.29, 0.717) is 18.7 Å². The minimum atomic E-state index is -0.556. The molecule has 0 aliphatic rings. The van der Waals surface area contributed by atoms with Gasteiger partial charge in [-0.05, 0) is 55.4 Å². The monoisotopic (exact) mass is 452 g/mol. The normalized spacial score (nSPS) is 13.2. The van der Waals surface area contributed by atoms with Gasteiger partial charge in [-0.15, -0.1) is 0 Å². The van der Waals surface area contributed by atoms with Crippen LogP contribution < -0.4 is 10.1 Å². The molecule has 0 saturated carbocycles. The lowest BCUT2D eigenvalue weighted by molar-refractivity contribution is -0.143. The van der Waals surface area contributed by atoms with Gasteiger partial charge in [-0.1, -0.05) is 76.6 Å². The highest BCUT2D eigenvalue weighted by molar-refractivity contribution is 5.88. The van der Waals surface area contributed by atoms with Crippen molar-refractivity contribution in [3.05, 3.63) is 65.2 Å². The minimum Gasteiger partial charge on any atom is -0.484 e. The van der Waals surface area contributed by atoms with Crippen LogP contribution in [-0.2, 0) is 21.5 Å². The second-order valence-electron chi connectivity index (χ2n) is 9.81. The van der Waals surface area contributed by atoms with Crippen LogP contribution in [-0.4, -0.2) is 35.4 Å². The Hall–Kier alpha value is -2.82. The zero-order valence-corrected chi connectivity index (χ0v) is 21.3. The summed E-state index contributed by atoms with van der Waals surface area (Å²) in [7, 11) is 0. The van der Waals surface area contributed by atoms with Crippen molar-refractivity contribution in [2.45, 2.75) is 85.4 Å². The fourth-order valence-electron chi connectivity index (χ4n) is 3.53. The number of hydrogen-bond donors (Lipinski definition) is 1. The average molecular weight is 453 g/mol. The molecule has 0 aliphatic heterocycles. The molecule has 0 bridgehead atoms. The molecule has 2 aromatic rings. The number of nitrogens with one attached hydrogen (secondary N) is 1. The van der Waals surface area contributed by atoms with E-state index < -0.39 is 6.04 Å². The van der Waals surface area contributed by atoms with Crippen molar-refractivity contribution >= 4 is 11.8 Å². The molecule has 0 spiro atoms. The maximum absolute atomic E-state index is 13.3. The first-order valence-electron chi connectivity index (χ1n) is 11.9. The highest BCUT2D eigenvalue weighted by Crippen LogP contribution is 2.24. The molecule has 0 heterocycles. The molecule has 2 rings (SSSR count). The van der Waals surface area contributed by atoms with Crippen LogP contribution in [0.2, 0.25) is 0 Å². The summed E-state index contributed by atoms with van der Waals surface area (Å²) in [4.78, 5) is 27.9. The minimum absolute atomic E-state index is 0.0521. The first kappa shape index (κ1) is 26.4. The molecule has 1 N–H and O–H groups in total. The Morgan fingerprint density at radius 1 is 0.970 bits per heavy atom. The summed E-state index contributed by atoms with van der Waals surface area (Å²) < 4.78 is 5.83. The van der Waals surface area contributed by atoms with Crippen LogP contribution in [0, 0.1) is 6.92 Å². The Bertz CT molecular complexity index is 898.